The van der Waals surface area contributed by atoms with Gasteiger partial charge >= 0.3 is 0 Å². The zero-order valence-corrected chi connectivity index (χ0v) is 16.7. The minimum absolute atomic E-state index is 0.508. The van der Waals surface area contributed by atoms with Crippen LogP contribution in [-0.4, -0.2) is 44.3 Å². The Morgan fingerprint density at radius 2 is 1.52 bits per heavy atom. The Bertz CT molecular complexity index is 565. The monoisotopic (exact) mass is 370 g/mol. The summed E-state index contributed by atoms with van der Waals surface area (Å²) in [5, 5.41) is 10.4. The van der Waals surface area contributed by atoms with E-state index in [1.54, 1.807) is 24.3 Å². The molecule has 144 valence electrons. The average Bonchev–Trinajstić information content (AvgIpc) is 2.55. The molecule has 0 fully saturated rings. The predicted octanol–water partition coefficient (Wildman–Crippen LogP) is 3.77. The molecule has 5 nitrogen and oxygen atoms in total. The topological polar surface area (TPSA) is 69.6 Å². The smallest absolute Gasteiger partial charge is 0.229 e. The Balaban J connectivity index is 2.45. The van der Waals surface area contributed by atoms with Crippen LogP contribution in [0.4, 0.5) is 5.69 Å². The summed E-state index contributed by atoms with van der Waals surface area (Å²) in [5.74, 6) is 0. The van der Waals surface area contributed by atoms with Gasteiger partial charge in [0.25, 0.3) is 0 Å². The molecular weight excluding hydrogens is 336 g/mol. The molecule has 1 aromatic carbocycles. The second-order valence-corrected chi connectivity index (χ2v) is 8.45. The molecule has 1 aromatic rings. The molecule has 0 amide bonds. The van der Waals surface area contributed by atoms with Gasteiger partial charge in [0.2, 0.25) is 10.0 Å². The fourth-order valence-corrected chi connectivity index (χ4v) is 3.33. The van der Waals surface area contributed by atoms with Crippen LogP contribution in [-0.2, 0) is 10.0 Å². The van der Waals surface area contributed by atoms with Crippen LogP contribution in [0.25, 0.3) is 0 Å². The van der Waals surface area contributed by atoms with Crippen molar-refractivity contribution in [1.82, 2.24) is 4.90 Å². The highest BCUT2D eigenvalue weighted by molar-refractivity contribution is 7.92. The molecular formula is C19H34N2O3S. The number of nitrogens with one attached hydrogen (secondary N) is 1. The summed E-state index contributed by atoms with van der Waals surface area (Å²) in [7, 11) is -3.27. The first kappa shape index (κ1) is 21.9. The van der Waals surface area contributed by atoms with Crippen molar-refractivity contribution in [2.45, 2.75) is 58.5 Å². The van der Waals surface area contributed by atoms with E-state index in [4.69, 9.17) is 0 Å². The Morgan fingerprint density at radius 3 is 2.00 bits per heavy atom. The summed E-state index contributed by atoms with van der Waals surface area (Å²) in [6, 6.07) is 6.94. The van der Waals surface area contributed by atoms with Gasteiger partial charge in [0, 0.05) is 5.69 Å². The first-order chi connectivity index (χ1) is 11.9. The van der Waals surface area contributed by atoms with Gasteiger partial charge in [0.1, 0.15) is 0 Å². The molecule has 0 aliphatic heterocycles. The number of anilines is 1. The van der Waals surface area contributed by atoms with Gasteiger partial charge in [0.15, 0.2) is 0 Å². The number of hydrogen-bond donors (Lipinski definition) is 2. The molecule has 0 aliphatic rings. The molecule has 0 aliphatic carbocycles. The zero-order valence-electron chi connectivity index (χ0n) is 15.9. The van der Waals surface area contributed by atoms with Crippen molar-refractivity contribution in [3.05, 3.63) is 29.8 Å². The molecule has 6 heteroatoms. The first-order valence-corrected chi connectivity index (χ1v) is 11.2. The third kappa shape index (κ3) is 9.82. The summed E-state index contributed by atoms with van der Waals surface area (Å²) in [4.78, 5) is 2.50. The molecule has 0 unspecified atom stereocenters. The van der Waals surface area contributed by atoms with E-state index >= 15 is 0 Å². The quantitative estimate of drug-likeness (QED) is 0.554. The molecule has 0 bridgehead atoms. The highest BCUT2D eigenvalue weighted by Gasteiger charge is 2.10. The number of nitrogens with zero attached hydrogens (tertiary/aromatic N) is 1. The van der Waals surface area contributed by atoms with Crippen LogP contribution in [0.3, 0.4) is 0 Å². The lowest BCUT2D eigenvalue weighted by Gasteiger charge is -2.22. The second-order valence-electron chi connectivity index (χ2n) is 6.70. The molecule has 0 spiro atoms. The van der Waals surface area contributed by atoms with E-state index in [1.165, 1.54) is 25.7 Å². The van der Waals surface area contributed by atoms with Crippen LogP contribution >= 0.6 is 0 Å². The maximum Gasteiger partial charge on any atom is 0.229 e. The van der Waals surface area contributed by atoms with Crippen LogP contribution in [0, 0.1) is 0 Å². The molecule has 1 rings (SSSR count). The number of sulfonamides is 1. The first-order valence-electron chi connectivity index (χ1n) is 9.34. The molecule has 25 heavy (non-hydrogen) atoms. The molecule has 0 saturated carbocycles. The fourth-order valence-electron chi connectivity index (χ4n) is 2.76. The number of benzene rings is 1. The van der Waals surface area contributed by atoms with Gasteiger partial charge in [-0.2, -0.15) is 0 Å². The SMILES string of the molecule is CCCCN(CCCC)CCC[C@H](O)c1ccc(NS(C)(=O)=O)cc1. The predicted molar refractivity (Wildman–Crippen MR) is 105 cm³/mol. The standard InChI is InChI=1S/C19H34N2O3S/c1-4-6-14-21(15-7-5-2)16-8-9-19(22)17-10-12-18(13-11-17)20-25(3,23)24/h10-13,19-20,22H,4-9,14-16H2,1-3H3/t19-/m0/s1. The van der Waals surface area contributed by atoms with Gasteiger partial charge in [-0.3, -0.25) is 4.72 Å². The highest BCUT2D eigenvalue weighted by atomic mass is 32.2. The van der Waals surface area contributed by atoms with Crippen LogP contribution in [0.15, 0.2) is 24.3 Å². The minimum Gasteiger partial charge on any atom is -0.388 e. The summed E-state index contributed by atoms with van der Waals surface area (Å²) in [6.45, 7) is 7.72. The van der Waals surface area contributed by atoms with E-state index in [2.05, 4.69) is 23.5 Å². The van der Waals surface area contributed by atoms with E-state index in [0.29, 0.717) is 12.1 Å². The summed E-state index contributed by atoms with van der Waals surface area (Å²) >= 11 is 0. The van der Waals surface area contributed by atoms with Crippen molar-refractivity contribution in [1.29, 1.82) is 0 Å². The van der Waals surface area contributed by atoms with Crippen molar-refractivity contribution in [3.8, 4) is 0 Å². The number of rotatable bonds is 13. The van der Waals surface area contributed by atoms with Gasteiger partial charge in [-0.05, 0) is 63.0 Å². The second kappa shape index (κ2) is 11.5. The van der Waals surface area contributed by atoms with Crippen LogP contribution < -0.4 is 4.72 Å². The Hall–Kier alpha value is -1.11. The van der Waals surface area contributed by atoms with Gasteiger partial charge < -0.3 is 10.0 Å². The van der Waals surface area contributed by atoms with Gasteiger partial charge in [-0.25, -0.2) is 8.42 Å². The van der Waals surface area contributed by atoms with Crippen molar-refractivity contribution in [3.63, 3.8) is 0 Å². The van der Waals surface area contributed by atoms with Crippen LogP contribution in [0.2, 0.25) is 0 Å². The molecule has 0 aromatic heterocycles. The molecule has 0 radical (unpaired) electrons. The summed E-state index contributed by atoms with van der Waals surface area (Å²) in [5.41, 5.74) is 1.34. The Labute approximate surface area is 153 Å². The summed E-state index contributed by atoms with van der Waals surface area (Å²) < 4.78 is 24.8. The van der Waals surface area contributed by atoms with Crippen molar-refractivity contribution >= 4 is 15.7 Å². The van der Waals surface area contributed by atoms with Gasteiger partial charge in [-0.1, -0.05) is 38.8 Å². The number of aliphatic hydroxyl groups excluding tert-OH is 1. The molecule has 1 atom stereocenters. The van der Waals surface area contributed by atoms with Crippen LogP contribution in [0.5, 0.6) is 0 Å². The average molecular weight is 371 g/mol. The van der Waals surface area contributed by atoms with E-state index in [1.807, 2.05) is 0 Å². The van der Waals surface area contributed by atoms with Gasteiger partial charge in [-0.15, -0.1) is 0 Å². The molecule has 0 saturated heterocycles. The zero-order chi connectivity index (χ0) is 18.7. The van der Waals surface area contributed by atoms with E-state index in [9.17, 15) is 13.5 Å². The lowest BCUT2D eigenvalue weighted by atomic mass is 10.0. The lowest BCUT2D eigenvalue weighted by Crippen LogP contribution is -2.27. The summed E-state index contributed by atoms with van der Waals surface area (Å²) in [6.07, 6.45) is 7.15. The minimum atomic E-state index is -3.27. The molecule has 2 N–H and O–H groups in total. The van der Waals surface area contributed by atoms with Gasteiger partial charge in [0.05, 0.1) is 12.4 Å². The third-order valence-electron chi connectivity index (χ3n) is 4.21. The molecule has 0 heterocycles. The highest BCUT2D eigenvalue weighted by Crippen LogP contribution is 2.21. The number of hydrogen-bond acceptors (Lipinski definition) is 4. The Morgan fingerprint density at radius 1 is 1.00 bits per heavy atom. The number of aliphatic hydroxyl groups is 1. The normalized spacial score (nSPS) is 13.2. The maximum atomic E-state index is 11.2. The van der Waals surface area contributed by atoms with E-state index < -0.39 is 16.1 Å². The van der Waals surface area contributed by atoms with E-state index in [-0.39, 0.29) is 0 Å². The Kier molecular flexibility index (Phi) is 10.1. The third-order valence-corrected chi connectivity index (χ3v) is 4.81. The fraction of sp³-hybridized carbons (Fsp3) is 0.684. The largest absolute Gasteiger partial charge is 0.388 e. The maximum absolute atomic E-state index is 11.2. The van der Waals surface area contributed by atoms with Crippen molar-refractivity contribution in [2.24, 2.45) is 0 Å². The van der Waals surface area contributed by atoms with Crippen LogP contribution in [0.1, 0.15) is 64.0 Å². The number of unbranched alkanes of at least 4 members (excludes halogenated alkanes) is 2. The van der Waals surface area contributed by atoms with Crippen molar-refractivity contribution in [2.75, 3.05) is 30.6 Å². The van der Waals surface area contributed by atoms with Crippen molar-refractivity contribution < 1.29 is 13.5 Å². The lowest BCUT2D eigenvalue weighted by molar-refractivity contribution is 0.154. The van der Waals surface area contributed by atoms with E-state index in [0.717, 1.165) is 37.9 Å².